The number of benzene rings is 1. The van der Waals surface area contributed by atoms with Crippen molar-refractivity contribution in [3.8, 4) is 11.3 Å². The summed E-state index contributed by atoms with van der Waals surface area (Å²) in [5.41, 5.74) is 2.77. The van der Waals surface area contributed by atoms with Crippen molar-refractivity contribution in [3.63, 3.8) is 0 Å². The third-order valence-corrected chi connectivity index (χ3v) is 3.89. The van der Waals surface area contributed by atoms with Crippen LogP contribution in [-0.2, 0) is 4.79 Å². The number of nitrogens with one attached hydrogen (secondary N) is 1. The maximum absolute atomic E-state index is 12.1. The highest BCUT2D eigenvalue weighted by molar-refractivity contribution is 6.34. The maximum atomic E-state index is 12.1. The molecule has 6 heteroatoms. The molecule has 6 nitrogen and oxygen atoms in total. The number of amides is 1. The van der Waals surface area contributed by atoms with Crippen LogP contribution >= 0.6 is 0 Å². The number of carbonyl (C=O) groups excluding carboxylic acids is 1. The molecule has 3 aromatic rings. The van der Waals surface area contributed by atoms with Crippen molar-refractivity contribution >= 4 is 29.2 Å². The highest BCUT2D eigenvalue weighted by Crippen LogP contribution is 2.33. The van der Waals surface area contributed by atoms with Gasteiger partial charge in [-0.1, -0.05) is 18.2 Å². The topological polar surface area (TPSA) is 92.4 Å². The molecule has 0 bridgehead atoms. The molecule has 0 fully saturated rings. The second kappa shape index (κ2) is 5.76. The lowest BCUT2D eigenvalue weighted by Crippen LogP contribution is -2.03. The highest BCUT2D eigenvalue weighted by atomic mass is 16.4. The summed E-state index contributed by atoms with van der Waals surface area (Å²) >= 11 is 0. The standard InChI is InChI=1S/C19H12N2O4/c22-18-14(13-3-1-2-4-15(13)21-18)9-12-6-8-17(25-12)11-5-7-16(19(23)24)20-10-11/h1-10H,(H,21,22)(H,23,24). The molecule has 0 radical (unpaired) electrons. The van der Waals surface area contributed by atoms with Crippen molar-refractivity contribution in [1.82, 2.24) is 4.98 Å². The Hall–Kier alpha value is -3.67. The Bertz CT molecular complexity index is 1020. The van der Waals surface area contributed by atoms with Crippen molar-refractivity contribution in [2.24, 2.45) is 0 Å². The fourth-order valence-corrected chi connectivity index (χ4v) is 2.68. The average molecular weight is 332 g/mol. The van der Waals surface area contributed by atoms with E-state index in [2.05, 4.69) is 10.3 Å². The summed E-state index contributed by atoms with van der Waals surface area (Å²) in [7, 11) is 0. The Labute approximate surface area is 142 Å². The molecule has 0 spiro atoms. The molecule has 2 aromatic heterocycles. The fraction of sp³-hybridized carbons (Fsp3) is 0. The second-order valence-corrected chi connectivity index (χ2v) is 5.50. The Kier molecular flexibility index (Phi) is 3.43. The van der Waals surface area contributed by atoms with Crippen LogP contribution in [0.1, 0.15) is 21.8 Å². The molecule has 1 aromatic carbocycles. The first-order valence-electron chi connectivity index (χ1n) is 7.54. The number of aromatic nitrogens is 1. The third kappa shape index (κ3) is 2.70. The van der Waals surface area contributed by atoms with Crippen molar-refractivity contribution in [3.05, 3.63) is 71.7 Å². The molecule has 122 valence electrons. The van der Waals surface area contributed by atoms with Crippen LogP contribution in [0, 0.1) is 0 Å². The quantitative estimate of drug-likeness (QED) is 0.716. The van der Waals surface area contributed by atoms with Gasteiger partial charge in [0.2, 0.25) is 0 Å². The number of para-hydroxylation sites is 1. The molecule has 3 heterocycles. The van der Waals surface area contributed by atoms with Crippen molar-refractivity contribution in [2.45, 2.75) is 0 Å². The number of anilines is 1. The van der Waals surface area contributed by atoms with Gasteiger partial charge in [0, 0.05) is 23.0 Å². The molecular formula is C19H12N2O4. The van der Waals surface area contributed by atoms with Crippen molar-refractivity contribution < 1.29 is 19.1 Å². The summed E-state index contributed by atoms with van der Waals surface area (Å²) in [6.07, 6.45) is 3.13. The smallest absolute Gasteiger partial charge is 0.354 e. The van der Waals surface area contributed by atoms with E-state index in [1.807, 2.05) is 24.3 Å². The molecule has 1 aliphatic heterocycles. The number of aromatic carboxylic acids is 1. The van der Waals surface area contributed by atoms with Crippen LogP contribution in [0.15, 0.2) is 59.1 Å². The Morgan fingerprint density at radius 1 is 1.12 bits per heavy atom. The van der Waals surface area contributed by atoms with Gasteiger partial charge >= 0.3 is 5.97 Å². The van der Waals surface area contributed by atoms with E-state index >= 15 is 0 Å². The zero-order chi connectivity index (χ0) is 17.4. The van der Waals surface area contributed by atoms with Crippen LogP contribution in [0.25, 0.3) is 23.0 Å². The van der Waals surface area contributed by atoms with E-state index in [0.29, 0.717) is 22.7 Å². The first kappa shape index (κ1) is 14.9. The van der Waals surface area contributed by atoms with E-state index < -0.39 is 5.97 Å². The van der Waals surface area contributed by atoms with Gasteiger partial charge in [-0.2, -0.15) is 0 Å². The van der Waals surface area contributed by atoms with E-state index in [1.54, 1.807) is 24.3 Å². The van der Waals surface area contributed by atoms with Crippen LogP contribution < -0.4 is 5.32 Å². The number of furan rings is 1. The Balaban J connectivity index is 1.66. The number of nitrogens with zero attached hydrogens (tertiary/aromatic N) is 1. The van der Waals surface area contributed by atoms with E-state index in [1.165, 1.54) is 12.3 Å². The lowest BCUT2D eigenvalue weighted by Gasteiger charge is -1.98. The third-order valence-electron chi connectivity index (χ3n) is 3.89. The number of rotatable bonds is 3. The van der Waals surface area contributed by atoms with Crippen LogP contribution in [0.5, 0.6) is 0 Å². The Morgan fingerprint density at radius 2 is 1.96 bits per heavy atom. The first-order chi connectivity index (χ1) is 12.1. The summed E-state index contributed by atoms with van der Waals surface area (Å²) in [6, 6.07) is 14.0. The molecule has 0 saturated heterocycles. The fourth-order valence-electron chi connectivity index (χ4n) is 2.68. The van der Waals surface area contributed by atoms with Gasteiger partial charge < -0.3 is 14.8 Å². The lowest BCUT2D eigenvalue weighted by molar-refractivity contribution is -0.110. The van der Waals surface area contributed by atoms with Gasteiger partial charge in [0.1, 0.15) is 17.2 Å². The number of hydrogen-bond donors (Lipinski definition) is 2. The first-order valence-corrected chi connectivity index (χ1v) is 7.54. The van der Waals surface area contributed by atoms with Gasteiger partial charge in [0.05, 0.1) is 5.57 Å². The summed E-state index contributed by atoms with van der Waals surface area (Å²) in [6.45, 7) is 0. The van der Waals surface area contributed by atoms with Gasteiger partial charge in [-0.05, 0) is 36.4 Å². The van der Waals surface area contributed by atoms with E-state index in [-0.39, 0.29) is 11.6 Å². The minimum Gasteiger partial charge on any atom is -0.477 e. The molecule has 0 saturated carbocycles. The van der Waals surface area contributed by atoms with Crippen molar-refractivity contribution in [1.29, 1.82) is 0 Å². The SMILES string of the molecule is O=C1Nc2ccccc2C1=Cc1ccc(-c2ccc(C(=O)O)nc2)o1. The van der Waals surface area contributed by atoms with Gasteiger partial charge in [-0.15, -0.1) is 0 Å². The van der Waals surface area contributed by atoms with Crippen LogP contribution in [0.2, 0.25) is 0 Å². The van der Waals surface area contributed by atoms with E-state index in [9.17, 15) is 9.59 Å². The molecule has 1 amide bonds. The highest BCUT2D eigenvalue weighted by Gasteiger charge is 2.23. The number of carboxylic acid groups (broad SMARTS) is 1. The number of hydrogen-bond acceptors (Lipinski definition) is 4. The van der Waals surface area contributed by atoms with E-state index in [0.717, 1.165) is 11.3 Å². The monoisotopic (exact) mass is 332 g/mol. The zero-order valence-corrected chi connectivity index (χ0v) is 12.9. The van der Waals surface area contributed by atoms with Gasteiger partial charge in [-0.25, -0.2) is 9.78 Å². The van der Waals surface area contributed by atoms with Crippen molar-refractivity contribution in [2.75, 3.05) is 5.32 Å². The van der Waals surface area contributed by atoms with Crippen LogP contribution in [0.4, 0.5) is 5.69 Å². The molecule has 1 aliphatic rings. The summed E-state index contributed by atoms with van der Waals surface area (Å²) in [5, 5.41) is 11.7. The molecule has 4 rings (SSSR count). The molecule has 0 unspecified atom stereocenters. The number of fused-ring (bicyclic) bond motifs is 1. The lowest BCUT2D eigenvalue weighted by atomic mass is 10.1. The average Bonchev–Trinajstić information content (AvgIpc) is 3.20. The summed E-state index contributed by atoms with van der Waals surface area (Å²) in [5.74, 6) is -0.184. The maximum Gasteiger partial charge on any atom is 0.354 e. The molecular weight excluding hydrogens is 320 g/mol. The number of pyridine rings is 1. The van der Waals surface area contributed by atoms with Gasteiger partial charge in [0.15, 0.2) is 0 Å². The normalized spacial score (nSPS) is 14.4. The second-order valence-electron chi connectivity index (χ2n) is 5.50. The van der Waals surface area contributed by atoms with Gasteiger partial charge in [0.25, 0.3) is 5.91 Å². The predicted octanol–water partition coefficient (Wildman–Crippen LogP) is 3.53. The predicted molar refractivity (Wildman–Crippen MR) is 91.8 cm³/mol. The minimum atomic E-state index is -1.08. The molecule has 0 atom stereocenters. The summed E-state index contributed by atoms with van der Waals surface area (Å²) < 4.78 is 5.75. The molecule has 0 aliphatic carbocycles. The van der Waals surface area contributed by atoms with Crippen LogP contribution in [-0.4, -0.2) is 22.0 Å². The summed E-state index contributed by atoms with van der Waals surface area (Å²) in [4.78, 5) is 26.8. The van der Waals surface area contributed by atoms with Gasteiger partial charge in [-0.3, -0.25) is 4.79 Å². The number of carboxylic acids is 1. The zero-order valence-electron chi connectivity index (χ0n) is 12.9. The minimum absolute atomic E-state index is 0.0307. The number of carbonyl (C=O) groups is 2. The Morgan fingerprint density at radius 3 is 2.72 bits per heavy atom. The van der Waals surface area contributed by atoms with Crippen LogP contribution in [0.3, 0.4) is 0 Å². The van der Waals surface area contributed by atoms with E-state index in [4.69, 9.17) is 9.52 Å². The molecule has 25 heavy (non-hydrogen) atoms. The largest absolute Gasteiger partial charge is 0.477 e. The molecule has 2 N–H and O–H groups in total.